The predicted molar refractivity (Wildman–Crippen MR) is 76.9 cm³/mol. The second-order valence-electron chi connectivity index (χ2n) is 5.41. The maximum absolute atomic E-state index is 13.7. The Labute approximate surface area is 127 Å². The van der Waals surface area contributed by atoms with E-state index in [1.165, 1.54) is 17.0 Å². The van der Waals surface area contributed by atoms with Gasteiger partial charge in [-0.1, -0.05) is 0 Å². The van der Waals surface area contributed by atoms with E-state index < -0.39 is 23.5 Å². The lowest BCUT2D eigenvalue weighted by molar-refractivity contribution is -0.144. The summed E-state index contributed by atoms with van der Waals surface area (Å²) < 4.78 is 26.6. The number of aliphatic carboxylic acids is 1. The summed E-state index contributed by atoms with van der Waals surface area (Å²) in [6.07, 6.45) is 2.44. The number of piperidine rings is 1. The molecular weight excluding hydrogens is 292 g/mol. The fraction of sp³-hybridized carbons (Fsp3) is 0.375. The van der Waals surface area contributed by atoms with E-state index in [0.29, 0.717) is 25.0 Å². The highest BCUT2D eigenvalue weighted by molar-refractivity contribution is 5.95. The summed E-state index contributed by atoms with van der Waals surface area (Å²) >= 11 is 0. The third kappa shape index (κ3) is 3.69. The molecule has 1 atom stereocenters. The Hall–Kier alpha value is -2.24. The summed E-state index contributed by atoms with van der Waals surface area (Å²) in [7, 11) is 0. The van der Waals surface area contributed by atoms with Crippen molar-refractivity contribution in [1.82, 2.24) is 4.90 Å². The molecule has 1 saturated heterocycles. The van der Waals surface area contributed by atoms with Gasteiger partial charge in [0.15, 0.2) is 0 Å². The molecule has 0 spiro atoms. The maximum atomic E-state index is 13.7. The molecule has 1 heterocycles. The van der Waals surface area contributed by atoms with Crippen molar-refractivity contribution in [3.8, 4) is 0 Å². The van der Waals surface area contributed by atoms with Crippen LogP contribution in [0.1, 0.15) is 25.3 Å². The number of carboxylic acids is 1. The van der Waals surface area contributed by atoms with Crippen molar-refractivity contribution in [2.24, 2.45) is 5.92 Å². The third-order valence-corrected chi connectivity index (χ3v) is 3.78. The van der Waals surface area contributed by atoms with E-state index in [9.17, 15) is 18.4 Å². The lowest BCUT2D eigenvalue weighted by Crippen LogP contribution is -2.41. The Morgan fingerprint density at radius 2 is 2.09 bits per heavy atom. The molecule has 0 bridgehead atoms. The van der Waals surface area contributed by atoms with E-state index in [1.54, 1.807) is 6.92 Å². The molecule has 1 aromatic rings. The fourth-order valence-electron chi connectivity index (χ4n) is 2.54. The highest BCUT2D eigenvalue weighted by Gasteiger charge is 2.27. The SMILES string of the molecule is CC(=CC(=O)N1CCCC(C(=O)O)C1)c1ccc(F)cc1F. The van der Waals surface area contributed by atoms with Gasteiger partial charge in [0.1, 0.15) is 11.6 Å². The van der Waals surface area contributed by atoms with Gasteiger partial charge in [-0.3, -0.25) is 9.59 Å². The number of allylic oxidation sites excluding steroid dienone is 1. The van der Waals surface area contributed by atoms with E-state index >= 15 is 0 Å². The summed E-state index contributed by atoms with van der Waals surface area (Å²) in [5.41, 5.74) is 0.529. The first kappa shape index (κ1) is 16.1. The summed E-state index contributed by atoms with van der Waals surface area (Å²) in [5, 5.41) is 9.02. The molecule has 0 radical (unpaired) electrons. The van der Waals surface area contributed by atoms with Crippen LogP contribution >= 0.6 is 0 Å². The molecule has 1 aliphatic rings. The average Bonchev–Trinajstić information content (AvgIpc) is 2.47. The number of amides is 1. The van der Waals surface area contributed by atoms with Crippen LogP contribution in [0.5, 0.6) is 0 Å². The quantitative estimate of drug-likeness (QED) is 0.873. The predicted octanol–water partition coefficient (Wildman–Crippen LogP) is 2.69. The molecule has 0 saturated carbocycles. The maximum Gasteiger partial charge on any atom is 0.308 e. The van der Waals surface area contributed by atoms with Gasteiger partial charge in [0.05, 0.1) is 5.92 Å². The second-order valence-corrected chi connectivity index (χ2v) is 5.41. The normalized spacial score (nSPS) is 19.1. The molecular formula is C16H17F2NO3. The highest BCUT2D eigenvalue weighted by atomic mass is 19.1. The van der Waals surface area contributed by atoms with E-state index in [0.717, 1.165) is 12.1 Å². The van der Waals surface area contributed by atoms with Gasteiger partial charge in [0.2, 0.25) is 5.91 Å². The first-order chi connectivity index (χ1) is 10.4. The largest absolute Gasteiger partial charge is 0.481 e. The van der Waals surface area contributed by atoms with Crippen LogP contribution < -0.4 is 0 Å². The Balaban J connectivity index is 2.13. The zero-order valence-corrected chi connectivity index (χ0v) is 12.2. The first-order valence-electron chi connectivity index (χ1n) is 7.04. The number of benzene rings is 1. The van der Waals surface area contributed by atoms with Crippen molar-refractivity contribution in [3.05, 3.63) is 41.5 Å². The Morgan fingerprint density at radius 1 is 1.36 bits per heavy atom. The van der Waals surface area contributed by atoms with Crippen molar-refractivity contribution in [2.45, 2.75) is 19.8 Å². The molecule has 22 heavy (non-hydrogen) atoms. The van der Waals surface area contributed by atoms with Crippen LogP contribution in [0, 0.1) is 17.6 Å². The van der Waals surface area contributed by atoms with Crippen LogP contribution in [0.25, 0.3) is 5.57 Å². The lowest BCUT2D eigenvalue weighted by atomic mass is 9.98. The van der Waals surface area contributed by atoms with E-state index in [-0.39, 0.29) is 18.0 Å². The summed E-state index contributed by atoms with van der Waals surface area (Å²) in [4.78, 5) is 24.6. The number of halogens is 2. The second kappa shape index (κ2) is 6.68. The van der Waals surface area contributed by atoms with Crippen LogP contribution in [0.2, 0.25) is 0 Å². The summed E-state index contributed by atoms with van der Waals surface area (Å²) in [6, 6.07) is 3.17. The van der Waals surface area contributed by atoms with Crippen LogP contribution in [0.3, 0.4) is 0 Å². The van der Waals surface area contributed by atoms with Gasteiger partial charge in [-0.25, -0.2) is 8.78 Å². The van der Waals surface area contributed by atoms with Crippen molar-refractivity contribution in [2.75, 3.05) is 13.1 Å². The van der Waals surface area contributed by atoms with Crippen molar-refractivity contribution in [3.63, 3.8) is 0 Å². The summed E-state index contributed by atoms with van der Waals surface area (Å²) in [6.45, 7) is 2.20. The number of likely N-dealkylation sites (tertiary alicyclic amines) is 1. The number of carboxylic acid groups (broad SMARTS) is 1. The standard InChI is InChI=1S/C16H17F2NO3/c1-10(13-5-4-12(17)8-14(13)18)7-15(20)19-6-2-3-11(9-19)16(21)22/h4-5,7-8,11H,2-3,6,9H2,1H3,(H,21,22). The molecule has 1 unspecified atom stereocenters. The van der Waals surface area contributed by atoms with E-state index in [4.69, 9.17) is 5.11 Å². The molecule has 4 nitrogen and oxygen atoms in total. The van der Waals surface area contributed by atoms with Gasteiger partial charge in [-0.2, -0.15) is 0 Å². The molecule has 0 aromatic heterocycles. The Morgan fingerprint density at radius 3 is 2.73 bits per heavy atom. The Bertz CT molecular complexity index is 628. The first-order valence-corrected chi connectivity index (χ1v) is 7.04. The molecule has 0 aliphatic carbocycles. The van der Waals surface area contributed by atoms with Crippen LogP contribution in [0.4, 0.5) is 8.78 Å². The average molecular weight is 309 g/mol. The number of hydrogen-bond donors (Lipinski definition) is 1. The number of hydrogen-bond acceptors (Lipinski definition) is 2. The molecule has 1 fully saturated rings. The van der Waals surface area contributed by atoms with Crippen LogP contribution in [-0.2, 0) is 9.59 Å². The van der Waals surface area contributed by atoms with Crippen molar-refractivity contribution >= 4 is 17.4 Å². The zero-order chi connectivity index (χ0) is 16.3. The van der Waals surface area contributed by atoms with Gasteiger partial charge in [-0.15, -0.1) is 0 Å². The van der Waals surface area contributed by atoms with E-state index in [1.807, 2.05) is 0 Å². The van der Waals surface area contributed by atoms with Gasteiger partial charge in [0, 0.05) is 30.8 Å². The molecule has 1 amide bonds. The van der Waals surface area contributed by atoms with Gasteiger partial charge in [-0.05, 0) is 37.5 Å². The van der Waals surface area contributed by atoms with Crippen molar-refractivity contribution in [1.29, 1.82) is 0 Å². The number of nitrogens with zero attached hydrogens (tertiary/aromatic N) is 1. The zero-order valence-electron chi connectivity index (χ0n) is 12.2. The van der Waals surface area contributed by atoms with Crippen LogP contribution in [0.15, 0.2) is 24.3 Å². The van der Waals surface area contributed by atoms with Gasteiger partial charge < -0.3 is 10.0 Å². The Kier molecular flexibility index (Phi) is 4.90. The minimum absolute atomic E-state index is 0.154. The lowest BCUT2D eigenvalue weighted by Gasteiger charge is -2.30. The molecule has 6 heteroatoms. The number of rotatable bonds is 3. The molecule has 2 rings (SSSR count). The topological polar surface area (TPSA) is 57.6 Å². The smallest absolute Gasteiger partial charge is 0.308 e. The molecule has 1 N–H and O–H groups in total. The number of carbonyl (C=O) groups excluding carboxylic acids is 1. The minimum atomic E-state index is -0.914. The molecule has 1 aromatic carbocycles. The van der Waals surface area contributed by atoms with Crippen molar-refractivity contribution < 1.29 is 23.5 Å². The van der Waals surface area contributed by atoms with E-state index in [2.05, 4.69) is 0 Å². The van der Waals surface area contributed by atoms with Crippen LogP contribution in [-0.4, -0.2) is 35.0 Å². The third-order valence-electron chi connectivity index (χ3n) is 3.78. The minimum Gasteiger partial charge on any atom is -0.481 e. The highest BCUT2D eigenvalue weighted by Crippen LogP contribution is 2.21. The fourth-order valence-corrected chi connectivity index (χ4v) is 2.54. The number of carbonyl (C=O) groups is 2. The van der Waals surface area contributed by atoms with Gasteiger partial charge in [0.25, 0.3) is 0 Å². The monoisotopic (exact) mass is 309 g/mol. The van der Waals surface area contributed by atoms with Gasteiger partial charge >= 0.3 is 5.97 Å². The molecule has 1 aliphatic heterocycles. The molecule has 118 valence electrons. The summed E-state index contributed by atoms with van der Waals surface area (Å²) in [5.74, 6) is -3.24.